The first-order valence-electron chi connectivity index (χ1n) is 14.8. The summed E-state index contributed by atoms with van der Waals surface area (Å²) in [4.78, 5) is 25.4. The number of thioether (sulfide) groups is 1. The Balaban J connectivity index is 1.25. The standard InChI is InChI=1S/C31H41BN3O8S3/c1-44-46-30(21-41-24-8-5-7-23(17-24)31(38)35-14-12-33)40-16-15-39-20-29(37)34-13-6-11-32-28-18-26(27(19-36)43-28)42-22-45-25-9-3-2-4-10-25/h2-5,7-10,17,26-28,30,36H,12-16,18-22,33H2,1H3,(H,34,37)(H,35,38)/t26-,27?,28-,30?/m1/s1. The van der Waals surface area contributed by atoms with Crippen molar-refractivity contribution < 1.29 is 38.4 Å². The minimum atomic E-state index is -0.402. The lowest BCUT2D eigenvalue weighted by Crippen LogP contribution is -2.29. The zero-order valence-electron chi connectivity index (χ0n) is 25.8. The van der Waals surface area contributed by atoms with Crippen LogP contribution < -0.4 is 21.1 Å². The van der Waals surface area contributed by atoms with Crippen LogP contribution in [-0.4, -0.2) is 113 Å². The molecule has 2 amide bonds. The molecule has 1 heterocycles. The van der Waals surface area contributed by atoms with Crippen LogP contribution in [-0.2, 0) is 23.7 Å². The van der Waals surface area contributed by atoms with Crippen molar-refractivity contribution in [3.8, 4) is 17.5 Å². The van der Waals surface area contributed by atoms with Crippen LogP contribution in [0.3, 0.4) is 0 Å². The van der Waals surface area contributed by atoms with Gasteiger partial charge in [0.25, 0.3) is 13.2 Å². The highest BCUT2D eigenvalue weighted by Crippen LogP contribution is 2.27. The Kier molecular flexibility index (Phi) is 19.1. The number of nitrogens with two attached hydrogens (primary N) is 1. The average Bonchev–Trinajstić information content (AvgIpc) is 3.48. The Labute approximate surface area is 283 Å². The van der Waals surface area contributed by atoms with Crippen LogP contribution in [0.1, 0.15) is 16.8 Å². The first-order chi connectivity index (χ1) is 22.5. The maximum absolute atomic E-state index is 12.2. The molecule has 1 aliphatic heterocycles. The lowest BCUT2D eigenvalue weighted by Gasteiger charge is -2.17. The largest absolute Gasteiger partial charge is 0.490 e. The minimum Gasteiger partial charge on any atom is -0.490 e. The molecule has 2 aromatic carbocycles. The molecule has 249 valence electrons. The number of aliphatic hydroxyl groups excluding tert-OH is 1. The molecule has 0 aromatic heterocycles. The summed E-state index contributed by atoms with van der Waals surface area (Å²) in [6.07, 6.45) is 1.92. The zero-order chi connectivity index (χ0) is 32.8. The number of ether oxygens (including phenoxy) is 5. The van der Waals surface area contributed by atoms with Crippen molar-refractivity contribution in [2.45, 2.75) is 35.0 Å². The monoisotopic (exact) mass is 690 g/mol. The molecule has 1 radical (unpaired) electrons. The summed E-state index contributed by atoms with van der Waals surface area (Å²) in [7, 11) is 4.77. The molecule has 2 unspecified atom stereocenters. The summed E-state index contributed by atoms with van der Waals surface area (Å²) in [5, 5.41) is 15.1. The first kappa shape index (κ1) is 38.1. The molecule has 1 aliphatic rings. The lowest BCUT2D eigenvalue weighted by atomic mass is 9.71. The summed E-state index contributed by atoms with van der Waals surface area (Å²) in [5.41, 5.74) is 5.65. The van der Waals surface area contributed by atoms with Crippen molar-refractivity contribution >= 4 is 52.4 Å². The van der Waals surface area contributed by atoms with E-state index < -0.39 is 6.10 Å². The Hall–Kier alpha value is -2.39. The van der Waals surface area contributed by atoms with Gasteiger partial charge in [-0.15, -0.1) is 0 Å². The molecule has 4 atom stereocenters. The number of hydrogen-bond acceptors (Lipinski definition) is 12. The predicted octanol–water partition coefficient (Wildman–Crippen LogP) is 2.15. The highest BCUT2D eigenvalue weighted by Gasteiger charge is 2.35. The van der Waals surface area contributed by atoms with Crippen molar-refractivity contribution in [3.63, 3.8) is 0 Å². The Morgan fingerprint density at radius 2 is 2.02 bits per heavy atom. The highest BCUT2D eigenvalue weighted by molar-refractivity contribution is 8.76. The van der Waals surface area contributed by atoms with E-state index in [9.17, 15) is 14.7 Å². The smallest absolute Gasteiger partial charge is 0.251 e. The molecule has 3 rings (SSSR count). The van der Waals surface area contributed by atoms with E-state index >= 15 is 0 Å². The molecular formula is C31H41BN3O8S3. The maximum Gasteiger partial charge on any atom is 0.251 e. The van der Waals surface area contributed by atoms with Crippen molar-refractivity contribution in [2.24, 2.45) is 5.73 Å². The number of rotatable bonds is 21. The summed E-state index contributed by atoms with van der Waals surface area (Å²) in [6, 6.07) is 16.6. The van der Waals surface area contributed by atoms with Crippen molar-refractivity contribution in [1.82, 2.24) is 10.6 Å². The van der Waals surface area contributed by atoms with Crippen LogP contribution in [0, 0.1) is 11.7 Å². The van der Waals surface area contributed by atoms with Crippen LogP contribution in [0.15, 0.2) is 59.5 Å². The molecule has 1 saturated heterocycles. The van der Waals surface area contributed by atoms with E-state index in [2.05, 4.69) is 22.4 Å². The fraction of sp³-hybridized carbons (Fsp3) is 0.484. The number of aliphatic hydroxyl groups is 1. The third-order valence-corrected chi connectivity index (χ3v) is 9.05. The molecule has 0 aliphatic carbocycles. The molecule has 0 saturated carbocycles. The summed E-state index contributed by atoms with van der Waals surface area (Å²) in [6.45, 7) is 1.46. The number of benzene rings is 2. The van der Waals surface area contributed by atoms with E-state index in [0.29, 0.717) is 36.8 Å². The second-order valence-corrected chi connectivity index (χ2v) is 13.3. The molecule has 1 fully saturated rings. The lowest BCUT2D eigenvalue weighted by molar-refractivity contribution is -0.126. The molecule has 0 bridgehead atoms. The van der Waals surface area contributed by atoms with Gasteiger partial charge in [-0.2, -0.15) is 5.82 Å². The van der Waals surface area contributed by atoms with Crippen LogP contribution in [0.5, 0.6) is 5.75 Å². The highest BCUT2D eigenvalue weighted by atomic mass is 33.1. The minimum absolute atomic E-state index is 0.117. The van der Waals surface area contributed by atoms with E-state index in [0.717, 1.165) is 4.90 Å². The van der Waals surface area contributed by atoms with E-state index in [1.165, 1.54) is 10.8 Å². The summed E-state index contributed by atoms with van der Waals surface area (Å²) < 4.78 is 28.9. The van der Waals surface area contributed by atoms with Crippen molar-refractivity contribution in [2.75, 3.05) is 64.9 Å². The first-order valence-corrected chi connectivity index (χ1v) is 18.4. The van der Waals surface area contributed by atoms with Crippen molar-refractivity contribution in [3.05, 3.63) is 60.2 Å². The topological polar surface area (TPSA) is 151 Å². The third kappa shape index (κ3) is 15.0. The van der Waals surface area contributed by atoms with Gasteiger partial charge in [0.1, 0.15) is 30.5 Å². The number of hydrogen-bond donors (Lipinski definition) is 4. The van der Waals surface area contributed by atoms with E-state index in [1.54, 1.807) is 54.1 Å². The van der Waals surface area contributed by atoms with Gasteiger partial charge in [-0.3, -0.25) is 9.59 Å². The zero-order valence-corrected chi connectivity index (χ0v) is 28.2. The summed E-state index contributed by atoms with van der Waals surface area (Å²) in [5.74, 6) is 6.32. The van der Waals surface area contributed by atoms with E-state index in [-0.39, 0.29) is 68.9 Å². The van der Waals surface area contributed by atoms with Gasteiger partial charge in [0.15, 0.2) is 0 Å². The van der Waals surface area contributed by atoms with Crippen LogP contribution in [0.4, 0.5) is 0 Å². The van der Waals surface area contributed by atoms with Gasteiger partial charge < -0.3 is 45.2 Å². The SMILES string of the molecule is CSSC(COc1cccc(C(=O)NCCN)c1)OCCOCC(=O)NCC#C[B][C@H]1C[C@@H](OCSc2ccccc2)C(CO)O1. The molecular weight excluding hydrogens is 649 g/mol. The average molecular weight is 691 g/mol. The van der Waals surface area contributed by atoms with Gasteiger partial charge in [0, 0.05) is 29.6 Å². The summed E-state index contributed by atoms with van der Waals surface area (Å²) >= 11 is 1.59. The van der Waals surface area contributed by atoms with Gasteiger partial charge in [-0.25, -0.2) is 0 Å². The number of amides is 2. The van der Waals surface area contributed by atoms with Gasteiger partial charge in [-0.05, 0) is 43.0 Å². The predicted molar refractivity (Wildman–Crippen MR) is 184 cm³/mol. The number of carbonyl (C=O) groups is 2. The molecule has 15 heteroatoms. The normalized spacial score (nSPS) is 17.8. The maximum atomic E-state index is 12.2. The number of nitrogens with one attached hydrogen (secondary N) is 2. The van der Waals surface area contributed by atoms with Gasteiger partial charge in [0.2, 0.25) is 5.91 Å². The fourth-order valence-corrected chi connectivity index (χ4v) is 6.28. The Morgan fingerprint density at radius 1 is 1.17 bits per heavy atom. The molecule has 0 spiro atoms. The van der Waals surface area contributed by atoms with Gasteiger partial charge >= 0.3 is 0 Å². The second kappa shape index (κ2) is 23.0. The van der Waals surface area contributed by atoms with Gasteiger partial charge in [0.05, 0.1) is 38.4 Å². The Bertz CT molecular complexity index is 1240. The van der Waals surface area contributed by atoms with E-state index in [1.807, 2.05) is 36.6 Å². The quantitative estimate of drug-likeness (QED) is 0.0380. The Morgan fingerprint density at radius 3 is 2.80 bits per heavy atom. The van der Waals surface area contributed by atoms with Gasteiger partial charge in [-0.1, -0.05) is 63.5 Å². The molecule has 5 N–H and O–H groups in total. The van der Waals surface area contributed by atoms with Crippen molar-refractivity contribution in [1.29, 1.82) is 0 Å². The molecule has 2 aromatic rings. The molecule has 11 nitrogen and oxygen atoms in total. The van der Waals surface area contributed by atoms with Crippen LogP contribution >= 0.6 is 33.3 Å². The van der Waals surface area contributed by atoms with E-state index in [4.69, 9.17) is 29.4 Å². The second-order valence-electron chi connectivity index (χ2n) is 9.68. The fourth-order valence-electron chi connectivity index (χ4n) is 4.09. The number of carbonyl (C=O) groups excluding carboxylic acids is 2. The molecule has 46 heavy (non-hydrogen) atoms. The third-order valence-electron chi connectivity index (χ3n) is 6.29. The van der Waals surface area contributed by atoms with Crippen LogP contribution in [0.25, 0.3) is 0 Å². The van der Waals surface area contributed by atoms with Crippen LogP contribution in [0.2, 0.25) is 0 Å².